The Kier molecular flexibility index (Phi) is 11.2. The second-order valence-corrected chi connectivity index (χ2v) is 13.8. The van der Waals surface area contributed by atoms with Gasteiger partial charge in [-0.25, -0.2) is 8.42 Å². The van der Waals surface area contributed by atoms with Crippen molar-refractivity contribution in [3.8, 4) is 0 Å². The van der Waals surface area contributed by atoms with E-state index < -0.39 is 28.5 Å². The first kappa shape index (κ1) is 32.8. The first-order valence-electron chi connectivity index (χ1n) is 14.7. The number of hydrogen-bond acceptors (Lipinski definition) is 4. The smallest absolute Gasteiger partial charge is 0.264 e. The van der Waals surface area contributed by atoms with Crippen molar-refractivity contribution in [1.82, 2.24) is 10.2 Å². The van der Waals surface area contributed by atoms with Gasteiger partial charge in [-0.05, 0) is 80.1 Å². The largest absolute Gasteiger partial charge is 0.352 e. The summed E-state index contributed by atoms with van der Waals surface area (Å²) in [6.07, 6.45) is 5.38. The van der Waals surface area contributed by atoms with E-state index in [0.29, 0.717) is 27.7 Å². The maximum absolute atomic E-state index is 14.4. The van der Waals surface area contributed by atoms with Gasteiger partial charge in [0.15, 0.2) is 0 Å². The van der Waals surface area contributed by atoms with E-state index in [9.17, 15) is 18.0 Å². The molecular formula is C33H39Cl2N3O4S. The molecule has 4 rings (SSSR count). The molecule has 10 heteroatoms. The van der Waals surface area contributed by atoms with Gasteiger partial charge in [0.1, 0.15) is 12.6 Å². The molecule has 0 aliphatic heterocycles. The van der Waals surface area contributed by atoms with Gasteiger partial charge in [0.05, 0.1) is 10.6 Å². The van der Waals surface area contributed by atoms with E-state index in [-0.39, 0.29) is 23.4 Å². The van der Waals surface area contributed by atoms with Crippen molar-refractivity contribution in [2.75, 3.05) is 10.8 Å². The number of rotatable bonds is 11. The lowest BCUT2D eigenvalue weighted by Crippen LogP contribution is -2.54. The maximum Gasteiger partial charge on any atom is 0.264 e. The van der Waals surface area contributed by atoms with Crippen molar-refractivity contribution in [3.63, 3.8) is 0 Å². The molecule has 0 heterocycles. The Balaban J connectivity index is 1.75. The van der Waals surface area contributed by atoms with Gasteiger partial charge in [0.2, 0.25) is 11.8 Å². The number of anilines is 1. The van der Waals surface area contributed by atoms with E-state index in [1.807, 2.05) is 26.8 Å². The van der Waals surface area contributed by atoms with Crippen molar-refractivity contribution in [3.05, 3.63) is 93.5 Å². The number of nitrogens with zero attached hydrogens (tertiary/aromatic N) is 2. The molecule has 0 unspecified atom stereocenters. The third-order valence-electron chi connectivity index (χ3n) is 8.15. The quantitative estimate of drug-likeness (QED) is 0.242. The summed E-state index contributed by atoms with van der Waals surface area (Å²) in [6, 6.07) is 17.6. The number of benzene rings is 3. The predicted octanol–water partition coefficient (Wildman–Crippen LogP) is 7.06. The Morgan fingerprint density at radius 3 is 2.30 bits per heavy atom. The number of hydrogen-bond donors (Lipinski definition) is 1. The topological polar surface area (TPSA) is 86.8 Å². The van der Waals surface area contributed by atoms with Crippen LogP contribution in [0.5, 0.6) is 0 Å². The lowest BCUT2D eigenvalue weighted by atomic mass is 9.95. The first-order valence-corrected chi connectivity index (χ1v) is 16.9. The molecule has 0 bridgehead atoms. The highest BCUT2D eigenvalue weighted by Crippen LogP contribution is 2.30. The van der Waals surface area contributed by atoms with Gasteiger partial charge >= 0.3 is 0 Å². The van der Waals surface area contributed by atoms with Gasteiger partial charge in [-0.1, -0.05) is 85.8 Å². The molecule has 0 spiro atoms. The third-order valence-corrected chi connectivity index (χ3v) is 10.5. The van der Waals surface area contributed by atoms with E-state index in [2.05, 4.69) is 5.32 Å². The lowest BCUT2D eigenvalue weighted by Gasteiger charge is -2.35. The molecule has 1 N–H and O–H groups in total. The zero-order valence-electron chi connectivity index (χ0n) is 24.9. The van der Waals surface area contributed by atoms with Gasteiger partial charge in [-0.15, -0.1) is 0 Å². The summed E-state index contributed by atoms with van der Waals surface area (Å²) in [7, 11) is -4.14. The van der Waals surface area contributed by atoms with E-state index in [1.165, 1.54) is 17.0 Å². The van der Waals surface area contributed by atoms with Crippen LogP contribution in [0.4, 0.5) is 5.69 Å². The highest BCUT2D eigenvalue weighted by molar-refractivity contribution is 7.92. The van der Waals surface area contributed by atoms with E-state index in [0.717, 1.165) is 47.5 Å². The summed E-state index contributed by atoms with van der Waals surface area (Å²) in [5.74, 6) is -0.769. The number of sulfonamides is 1. The summed E-state index contributed by atoms with van der Waals surface area (Å²) >= 11 is 12.7. The molecule has 1 aliphatic rings. The Morgan fingerprint density at radius 2 is 1.65 bits per heavy atom. The molecule has 0 radical (unpaired) electrons. The van der Waals surface area contributed by atoms with Crippen LogP contribution in [-0.4, -0.2) is 43.8 Å². The number of nitrogens with one attached hydrogen (secondary N) is 1. The van der Waals surface area contributed by atoms with Crippen molar-refractivity contribution < 1.29 is 18.0 Å². The number of aryl methyl sites for hydroxylation is 1. The summed E-state index contributed by atoms with van der Waals surface area (Å²) in [6.45, 7) is 5.08. The van der Waals surface area contributed by atoms with Gasteiger partial charge in [-0.2, -0.15) is 0 Å². The monoisotopic (exact) mass is 643 g/mol. The summed E-state index contributed by atoms with van der Waals surface area (Å²) in [4.78, 5) is 29.6. The molecule has 0 saturated heterocycles. The Labute approximate surface area is 265 Å². The van der Waals surface area contributed by atoms with Crippen LogP contribution in [0.25, 0.3) is 0 Å². The maximum atomic E-state index is 14.4. The molecule has 1 aliphatic carbocycles. The van der Waals surface area contributed by atoms with E-state index >= 15 is 0 Å². The normalized spacial score (nSPS) is 14.6. The van der Waals surface area contributed by atoms with Crippen molar-refractivity contribution in [2.24, 2.45) is 0 Å². The van der Waals surface area contributed by atoms with E-state index in [1.54, 1.807) is 48.5 Å². The highest BCUT2D eigenvalue weighted by Gasteiger charge is 2.35. The zero-order chi connectivity index (χ0) is 31.1. The summed E-state index contributed by atoms with van der Waals surface area (Å²) in [5.41, 5.74) is 2.64. The second-order valence-electron chi connectivity index (χ2n) is 11.1. The number of halogens is 2. The third kappa shape index (κ3) is 7.91. The molecule has 1 fully saturated rings. The molecule has 3 aromatic rings. The molecule has 1 atom stereocenters. The fraction of sp³-hybridized carbons (Fsp3) is 0.394. The Morgan fingerprint density at radius 1 is 0.953 bits per heavy atom. The van der Waals surface area contributed by atoms with Crippen LogP contribution in [0.3, 0.4) is 0 Å². The number of amides is 2. The van der Waals surface area contributed by atoms with Crippen LogP contribution < -0.4 is 9.62 Å². The average Bonchev–Trinajstić information content (AvgIpc) is 2.99. The molecule has 2 amide bonds. The lowest BCUT2D eigenvalue weighted by molar-refractivity contribution is -0.140. The zero-order valence-corrected chi connectivity index (χ0v) is 27.2. The van der Waals surface area contributed by atoms with E-state index in [4.69, 9.17) is 23.2 Å². The SMILES string of the molecule is CC[C@@H](C(=O)NC1CCCCC1)N(Cc1ccc(Cl)cc1Cl)C(=O)CN(c1cccc(C)c1C)S(=O)(=O)c1ccccc1. The highest BCUT2D eigenvalue weighted by atomic mass is 35.5. The minimum Gasteiger partial charge on any atom is -0.352 e. The fourth-order valence-corrected chi connectivity index (χ4v) is 7.50. The Hall–Kier alpha value is -3.07. The van der Waals surface area contributed by atoms with Gasteiger partial charge in [0.25, 0.3) is 10.0 Å². The molecule has 0 aromatic heterocycles. The van der Waals surface area contributed by atoms with Crippen molar-refractivity contribution >= 4 is 50.7 Å². The van der Waals surface area contributed by atoms with Gasteiger partial charge in [0, 0.05) is 22.6 Å². The van der Waals surface area contributed by atoms with Crippen LogP contribution in [0.2, 0.25) is 10.0 Å². The van der Waals surface area contributed by atoms with Gasteiger partial charge in [-0.3, -0.25) is 13.9 Å². The second kappa shape index (κ2) is 14.6. The Bertz CT molecular complexity index is 1540. The summed E-state index contributed by atoms with van der Waals surface area (Å²) in [5, 5.41) is 3.96. The number of carbonyl (C=O) groups is 2. The standard InChI is InChI=1S/C33H39Cl2N3O4S/c1-4-30(33(40)36-27-13-7-5-8-14-27)37(21-25-18-19-26(34)20-29(25)35)32(39)22-38(31-17-11-12-23(2)24(31)3)43(41,42)28-15-9-6-10-16-28/h6,9-12,15-20,27,30H,4-5,7-8,13-14,21-22H2,1-3H3,(H,36,40)/t30-/m0/s1. The molecule has 1 saturated carbocycles. The first-order chi connectivity index (χ1) is 20.5. The van der Waals surface area contributed by atoms with Crippen LogP contribution in [-0.2, 0) is 26.2 Å². The predicted molar refractivity (Wildman–Crippen MR) is 173 cm³/mol. The summed E-state index contributed by atoms with van der Waals surface area (Å²) < 4.78 is 29.3. The van der Waals surface area contributed by atoms with Crippen LogP contribution in [0.1, 0.15) is 62.1 Å². The van der Waals surface area contributed by atoms with Crippen molar-refractivity contribution in [1.29, 1.82) is 0 Å². The molecule has 7 nitrogen and oxygen atoms in total. The van der Waals surface area contributed by atoms with Crippen LogP contribution >= 0.6 is 23.2 Å². The van der Waals surface area contributed by atoms with Crippen LogP contribution in [0.15, 0.2) is 71.6 Å². The molecule has 3 aromatic carbocycles. The fourth-order valence-electron chi connectivity index (χ4n) is 5.54. The van der Waals surface area contributed by atoms with Crippen molar-refractivity contribution in [2.45, 2.75) is 82.8 Å². The number of carbonyl (C=O) groups excluding carboxylic acids is 2. The molecule has 230 valence electrons. The van der Waals surface area contributed by atoms with Gasteiger partial charge < -0.3 is 10.2 Å². The minimum atomic E-state index is -4.14. The molecule has 43 heavy (non-hydrogen) atoms. The average molecular weight is 645 g/mol. The van der Waals surface area contributed by atoms with Crippen LogP contribution in [0, 0.1) is 13.8 Å². The minimum absolute atomic E-state index is 0.0114. The molecular weight excluding hydrogens is 605 g/mol.